The van der Waals surface area contributed by atoms with Crippen molar-refractivity contribution >= 4 is 0 Å². The molecule has 0 aliphatic rings. The Kier molecular flexibility index (Phi) is 8.95. The minimum Gasteiger partial charge on any atom is -0.368 e. The lowest BCUT2D eigenvalue weighted by Gasteiger charge is -2.05. The van der Waals surface area contributed by atoms with Crippen molar-refractivity contribution in [3.63, 3.8) is 0 Å². The summed E-state index contributed by atoms with van der Waals surface area (Å²) in [7, 11) is 0. The lowest BCUT2D eigenvalue weighted by Crippen LogP contribution is -2.06. The third-order valence-electron chi connectivity index (χ3n) is 1.86. The van der Waals surface area contributed by atoms with Crippen molar-refractivity contribution in [3.8, 4) is 0 Å². The first-order valence-corrected chi connectivity index (χ1v) is 5.07. The molecule has 0 heterocycles. The van der Waals surface area contributed by atoms with Crippen molar-refractivity contribution < 1.29 is 9.84 Å². The second-order valence-electron chi connectivity index (χ2n) is 3.24. The Morgan fingerprint density at radius 3 is 2.25 bits per heavy atom. The second-order valence-corrected chi connectivity index (χ2v) is 3.24. The predicted molar refractivity (Wildman–Crippen MR) is 51.0 cm³/mol. The smallest absolute Gasteiger partial charge is 0.151 e. The SMILES string of the molecule is CCCCCCCCOC(C)O. The van der Waals surface area contributed by atoms with E-state index in [1.54, 1.807) is 6.92 Å². The van der Waals surface area contributed by atoms with Gasteiger partial charge in [-0.2, -0.15) is 0 Å². The average molecular weight is 174 g/mol. The van der Waals surface area contributed by atoms with Crippen LogP contribution in [0.4, 0.5) is 0 Å². The van der Waals surface area contributed by atoms with Gasteiger partial charge in [0.25, 0.3) is 0 Å². The summed E-state index contributed by atoms with van der Waals surface area (Å²) in [6.45, 7) is 4.57. The van der Waals surface area contributed by atoms with Crippen molar-refractivity contribution in [2.45, 2.75) is 58.7 Å². The van der Waals surface area contributed by atoms with E-state index in [4.69, 9.17) is 9.84 Å². The molecule has 0 radical (unpaired) electrons. The van der Waals surface area contributed by atoms with Gasteiger partial charge in [-0.15, -0.1) is 0 Å². The maximum absolute atomic E-state index is 8.77. The summed E-state index contributed by atoms with van der Waals surface area (Å²) in [5.74, 6) is 0. The molecule has 0 aromatic rings. The summed E-state index contributed by atoms with van der Waals surface area (Å²) in [6.07, 6.45) is 6.99. The fraction of sp³-hybridized carbons (Fsp3) is 1.00. The third kappa shape index (κ3) is 9.92. The molecule has 1 N–H and O–H groups in total. The molecule has 0 aliphatic carbocycles. The van der Waals surface area contributed by atoms with Crippen LogP contribution in [-0.2, 0) is 4.74 Å². The van der Waals surface area contributed by atoms with Gasteiger partial charge < -0.3 is 9.84 Å². The zero-order chi connectivity index (χ0) is 9.23. The van der Waals surface area contributed by atoms with Crippen LogP contribution in [-0.4, -0.2) is 18.0 Å². The molecule has 0 saturated carbocycles. The van der Waals surface area contributed by atoms with Crippen molar-refractivity contribution in [1.82, 2.24) is 0 Å². The van der Waals surface area contributed by atoms with Gasteiger partial charge in [0.15, 0.2) is 6.29 Å². The number of hydrogen-bond acceptors (Lipinski definition) is 2. The zero-order valence-electron chi connectivity index (χ0n) is 8.38. The minimum absolute atomic E-state index is 0.597. The van der Waals surface area contributed by atoms with Crippen LogP contribution >= 0.6 is 0 Å². The lowest BCUT2D eigenvalue weighted by atomic mass is 10.1. The molecule has 0 fully saturated rings. The van der Waals surface area contributed by atoms with E-state index in [1.165, 1.54) is 32.1 Å². The van der Waals surface area contributed by atoms with Gasteiger partial charge in [-0.3, -0.25) is 0 Å². The van der Waals surface area contributed by atoms with Gasteiger partial charge >= 0.3 is 0 Å². The van der Waals surface area contributed by atoms with E-state index in [2.05, 4.69) is 6.92 Å². The van der Waals surface area contributed by atoms with Gasteiger partial charge in [0.2, 0.25) is 0 Å². The number of aliphatic hydroxyl groups is 1. The fourth-order valence-electron chi connectivity index (χ4n) is 1.14. The number of ether oxygens (including phenoxy) is 1. The first-order chi connectivity index (χ1) is 5.77. The molecular weight excluding hydrogens is 152 g/mol. The van der Waals surface area contributed by atoms with Crippen LogP contribution in [0.2, 0.25) is 0 Å². The van der Waals surface area contributed by atoms with Crippen LogP contribution < -0.4 is 0 Å². The number of unbranched alkanes of at least 4 members (excludes halogenated alkanes) is 5. The molecule has 0 aromatic carbocycles. The van der Waals surface area contributed by atoms with E-state index in [-0.39, 0.29) is 0 Å². The topological polar surface area (TPSA) is 29.5 Å². The van der Waals surface area contributed by atoms with Crippen LogP contribution in [0.5, 0.6) is 0 Å². The minimum atomic E-state index is -0.597. The molecule has 12 heavy (non-hydrogen) atoms. The number of rotatable bonds is 8. The second kappa shape index (κ2) is 9.01. The highest BCUT2D eigenvalue weighted by Crippen LogP contribution is 2.05. The molecular formula is C10H22O2. The first kappa shape index (κ1) is 11.9. The lowest BCUT2D eigenvalue weighted by molar-refractivity contribution is -0.0859. The van der Waals surface area contributed by atoms with Crippen LogP contribution in [0.1, 0.15) is 52.4 Å². The Morgan fingerprint density at radius 1 is 1.08 bits per heavy atom. The van der Waals surface area contributed by atoms with E-state index in [1.807, 2.05) is 0 Å². The van der Waals surface area contributed by atoms with E-state index in [0.717, 1.165) is 6.42 Å². The van der Waals surface area contributed by atoms with Gasteiger partial charge in [0, 0.05) is 6.61 Å². The van der Waals surface area contributed by atoms with Gasteiger partial charge in [0.1, 0.15) is 0 Å². The van der Waals surface area contributed by atoms with E-state index >= 15 is 0 Å². The van der Waals surface area contributed by atoms with E-state index in [9.17, 15) is 0 Å². The Hall–Kier alpha value is -0.0800. The van der Waals surface area contributed by atoms with Crippen molar-refractivity contribution in [2.24, 2.45) is 0 Å². The van der Waals surface area contributed by atoms with Gasteiger partial charge in [-0.25, -0.2) is 0 Å². The molecule has 74 valence electrons. The molecule has 2 nitrogen and oxygen atoms in total. The van der Waals surface area contributed by atoms with Crippen molar-refractivity contribution in [2.75, 3.05) is 6.61 Å². The first-order valence-electron chi connectivity index (χ1n) is 5.07. The van der Waals surface area contributed by atoms with E-state index in [0.29, 0.717) is 6.61 Å². The Morgan fingerprint density at radius 2 is 1.67 bits per heavy atom. The van der Waals surface area contributed by atoms with Crippen LogP contribution in [0.3, 0.4) is 0 Å². The molecule has 0 saturated heterocycles. The Labute approximate surface area is 75.9 Å². The summed E-state index contributed by atoms with van der Waals surface area (Å²) in [5, 5.41) is 8.77. The average Bonchev–Trinajstić information content (AvgIpc) is 2.02. The van der Waals surface area contributed by atoms with Gasteiger partial charge in [-0.1, -0.05) is 39.0 Å². The standard InChI is InChI=1S/C10H22O2/c1-3-4-5-6-7-8-9-12-10(2)11/h10-11H,3-9H2,1-2H3. The fourth-order valence-corrected chi connectivity index (χ4v) is 1.14. The molecule has 1 atom stereocenters. The molecule has 0 aliphatic heterocycles. The molecule has 1 unspecified atom stereocenters. The molecule has 0 rings (SSSR count). The highest BCUT2D eigenvalue weighted by Gasteiger charge is 1.93. The van der Waals surface area contributed by atoms with Crippen molar-refractivity contribution in [3.05, 3.63) is 0 Å². The van der Waals surface area contributed by atoms with Crippen molar-refractivity contribution in [1.29, 1.82) is 0 Å². The van der Waals surface area contributed by atoms with Gasteiger partial charge in [-0.05, 0) is 13.3 Å². The predicted octanol–water partition coefficient (Wildman–Crippen LogP) is 2.70. The van der Waals surface area contributed by atoms with Crippen LogP contribution in [0.25, 0.3) is 0 Å². The molecule has 0 bridgehead atoms. The summed E-state index contributed by atoms with van der Waals surface area (Å²) >= 11 is 0. The number of hydrogen-bond donors (Lipinski definition) is 1. The van der Waals surface area contributed by atoms with Crippen LogP contribution in [0, 0.1) is 0 Å². The normalized spacial score (nSPS) is 13.2. The maximum atomic E-state index is 8.77. The quantitative estimate of drug-likeness (QED) is 0.453. The molecule has 0 aromatic heterocycles. The monoisotopic (exact) mass is 174 g/mol. The van der Waals surface area contributed by atoms with Crippen LogP contribution in [0.15, 0.2) is 0 Å². The van der Waals surface area contributed by atoms with E-state index < -0.39 is 6.29 Å². The third-order valence-corrected chi connectivity index (χ3v) is 1.86. The maximum Gasteiger partial charge on any atom is 0.151 e. The molecule has 0 spiro atoms. The Balaban J connectivity index is 2.82. The summed E-state index contributed by atoms with van der Waals surface area (Å²) in [4.78, 5) is 0. The molecule has 2 heteroatoms. The zero-order valence-corrected chi connectivity index (χ0v) is 8.38. The highest BCUT2D eigenvalue weighted by molar-refractivity contribution is 4.43. The number of aliphatic hydroxyl groups excluding tert-OH is 1. The van der Waals surface area contributed by atoms with Gasteiger partial charge in [0.05, 0.1) is 0 Å². The largest absolute Gasteiger partial charge is 0.368 e. The Bertz CT molecular complexity index is 81.9. The summed E-state index contributed by atoms with van der Waals surface area (Å²) in [5.41, 5.74) is 0. The molecule has 0 amide bonds. The summed E-state index contributed by atoms with van der Waals surface area (Å²) < 4.78 is 5.00. The summed E-state index contributed by atoms with van der Waals surface area (Å²) in [6, 6.07) is 0. The highest BCUT2D eigenvalue weighted by atomic mass is 16.6.